The number of nitrogens with one attached hydrogen (secondary N) is 1. The van der Waals surface area contributed by atoms with Gasteiger partial charge in [-0.3, -0.25) is 9.59 Å². The Labute approximate surface area is 199 Å². The van der Waals surface area contributed by atoms with Crippen molar-refractivity contribution in [2.75, 3.05) is 19.8 Å². The molecule has 2 amide bonds. The molecule has 8 heteroatoms. The standard InChI is InChI=1S/C26H31N3O5/c1-16(2)34-23-13-21-20(12-22(23)25(27)31)18(5-3-4-17-8-10-32-11-9-17)14-28-26(21)33-15-19-6-7-24(30)29-19/h12-14,16-17,19H,4,6-11,15H2,1-2H3,(H2,27,31)(H,29,30)/t19-/m0/s1. The largest absolute Gasteiger partial charge is 0.490 e. The van der Waals surface area contributed by atoms with Crippen LogP contribution in [0, 0.1) is 17.8 Å². The van der Waals surface area contributed by atoms with E-state index in [1.54, 1.807) is 18.3 Å². The van der Waals surface area contributed by atoms with Gasteiger partial charge in [0, 0.05) is 43.0 Å². The Kier molecular flexibility index (Phi) is 7.53. The maximum Gasteiger partial charge on any atom is 0.252 e. The number of carbonyl (C=O) groups excluding carboxylic acids is 2. The first-order chi connectivity index (χ1) is 16.4. The zero-order chi connectivity index (χ0) is 24.1. The number of benzene rings is 1. The smallest absolute Gasteiger partial charge is 0.252 e. The maximum absolute atomic E-state index is 12.2. The molecule has 2 fully saturated rings. The SMILES string of the molecule is CC(C)Oc1cc2c(OC[C@@H]3CCC(=O)N3)ncc(C#CCC3CCOCC3)c2cc1C(N)=O. The topological polar surface area (TPSA) is 113 Å². The average Bonchev–Trinajstić information content (AvgIpc) is 3.23. The summed E-state index contributed by atoms with van der Waals surface area (Å²) < 4.78 is 17.3. The van der Waals surface area contributed by atoms with Crippen molar-refractivity contribution in [3.63, 3.8) is 0 Å². The summed E-state index contributed by atoms with van der Waals surface area (Å²) in [4.78, 5) is 28.2. The molecule has 1 aromatic heterocycles. The van der Waals surface area contributed by atoms with Gasteiger partial charge in [0.05, 0.1) is 23.3 Å². The fourth-order valence-corrected chi connectivity index (χ4v) is 4.22. The number of fused-ring (bicyclic) bond motifs is 1. The third kappa shape index (κ3) is 5.78. The number of nitrogens with two attached hydrogens (primary N) is 1. The third-order valence-corrected chi connectivity index (χ3v) is 6.04. The van der Waals surface area contributed by atoms with Crippen LogP contribution in [-0.2, 0) is 9.53 Å². The fourth-order valence-electron chi connectivity index (χ4n) is 4.22. The van der Waals surface area contributed by atoms with Crippen LogP contribution in [0.1, 0.15) is 61.9 Å². The number of hydrogen-bond acceptors (Lipinski definition) is 6. The molecule has 0 radical (unpaired) electrons. The Bertz CT molecular complexity index is 1130. The van der Waals surface area contributed by atoms with Crippen LogP contribution in [0.3, 0.4) is 0 Å². The first-order valence-electron chi connectivity index (χ1n) is 11.8. The van der Waals surface area contributed by atoms with Crippen LogP contribution in [0.2, 0.25) is 0 Å². The van der Waals surface area contributed by atoms with Gasteiger partial charge in [0.1, 0.15) is 12.4 Å². The van der Waals surface area contributed by atoms with Crippen LogP contribution in [0.5, 0.6) is 11.6 Å². The number of pyridine rings is 1. The fraction of sp³-hybridized carbons (Fsp3) is 0.500. The molecule has 2 aliphatic rings. The van der Waals surface area contributed by atoms with E-state index >= 15 is 0 Å². The van der Waals surface area contributed by atoms with Gasteiger partial charge in [-0.05, 0) is 51.2 Å². The molecule has 0 saturated carbocycles. The minimum atomic E-state index is -0.577. The highest BCUT2D eigenvalue weighted by molar-refractivity contribution is 6.03. The van der Waals surface area contributed by atoms with E-state index in [4.69, 9.17) is 19.9 Å². The number of aromatic nitrogens is 1. The van der Waals surface area contributed by atoms with Gasteiger partial charge in [0.25, 0.3) is 5.91 Å². The van der Waals surface area contributed by atoms with Crippen molar-refractivity contribution in [2.24, 2.45) is 11.7 Å². The highest BCUT2D eigenvalue weighted by Gasteiger charge is 2.23. The van der Waals surface area contributed by atoms with Gasteiger partial charge >= 0.3 is 0 Å². The van der Waals surface area contributed by atoms with E-state index in [1.807, 2.05) is 13.8 Å². The van der Waals surface area contributed by atoms with Gasteiger partial charge in [0.15, 0.2) is 0 Å². The summed E-state index contributed by atoms with van der Waals surface area (Å²) in [6.07, 6.45) is 5.54. The minimum absolute atomic E-state index is 0.0280. The molecule has 2 aliphatic heterocycles. The van der Waals surface area contributed by atoms with Gasteiger partial charge in [-0.1, -0.05) is 11.8 Å². The van der Waals surface area contributed by atoms with Crippen molar-refractivity contribution in [1.82, 2.24) is 10.3 Å². The van der Waals surface area contributed by atoms with Crippen LogP contribution in [0.25, 0.3) is 10.8 Å². The Morgan fingerprint density at radius 1 is 1.26 bits per heavy atom. The normalized spacial score (nSPS) is 18.4. The molecule has 0 spiro atoms. The summed E-state index contributed by atoms with van der Waals surface area (Å²) in [7, 11) is 0. The molecule has 3 heterocycles. The van der Waals surface area contributed by atoms with E-state index in [9.17, 15) is 9.59 Å². The second-order valence-electron chi connectivity index (χ2n) is 9.08. The van der Waals surface area contributed by atoms with Gasteiger partial charge in [-0.2, -0.15) is 0 Å². The van der Waals surface area contributed by atoms with Crippen molar-refractivity contribution in [3.05, 3.63) is 29.5 Å². The van der Waals surface area contributed by atoms with Gasteiger partial charge in [-0.25, -0.2) is 4.98 Å². The number of carbonyl (C=O) groups is 2. The number of nitrogens with zero attached hydrogens (tertiary/aromatic N) is 1. The van der Waals surface area contributed by atoms with E-state index in [-0.39, 0.29) is 23.6 Å². The number of hydrogen-bond donors (Lipinski definition) is 2. The lowest BCUT2D eigenvalue weighted by Gasteiger charge is -2.19. The van der Waals surface area contributed by atoms with Crippen LogP contribution < -0.4 is 20.5 Å². The summed E-state index contributed by atoms with van der Waals surface area (Å²) in [6.45, 7) is 5.63. The van der Waals surface area contributed by atoms with E-state index in [2.05, 4.69) is 22.1 Å². The van der Waals surface area contributed by atoms with Gasteiger partial charge < -0.3 is 25.3 Å². The maximum atomic E-state index is 12.2. The van der Waals surface area contributed by atoms with Crippen LogP contribution >= 0.6 is 0 Å². The number of amides is 2. The zero-order valence-electron chi connectivity index (χ0n) is 19.7. The molecule has 4 rings (SSSR count). The molecule has 0 aliphatic carbocycles. The molecule has 34 heavy (non-hydrogen) atoms. The molecule has 180 valence electrons. The summed E-state index contributed by atoms with van der Waals surface area (Å²) in [5.41, 5.74) is 6.65. The molecule has 2 saturated heterocycles. The predicted octanol–water partition coefficient (Wildman–Crippen LogP) is 2.95. The lowest BCUT2D eigenvalue weighted by molar-refractivity contribution is -0.119. The molecule has 1 aromatic carbocycles. The van der Waals surface area contributed by atoms with Crippen LogP contribution in [0.15, 0.2) is 18.3 Å². The Morgan fingerprint density at radius 3 is 2.74 bits per heavy atom. The Morgan fingerprint density at radius 2 is 2.06 bits per heavy atom. The van der Waals surface area contributed by atoms with E-state index in [0.717, 1.165) is 44.3 Å². The third-order valence-electron chi connectivity index (χ3n) is 6.04. The number of ether oxygens (including phenoxy) is 3. The highest BCUT2D eigenvalue weighted by Crippen LogP contribution is 2.33. The highest BCUT2D eigenvalue weighted by atomic mass is 16.5. The quantitative estimate of drug-likeness (QED) is 0.608. The van der Waals surface area contributed by atoms with Crippen molar-refractivity contribution in [3.8, 4) is 23.5 Å². The molecular formula is C26H31N3O5. The van der Waals surface area contributed by atoms with E-state index in [1.165, 1.54) is 0 Å². The van der Waals surface area contributed by atoms with Crippen LogP contribution in [-0.4, -0.2) is 48.8 Å². The molecule has 3 N–H and O–H groups in total. The van der Waals surface area contributed by atoms with E-state index < -0.39 is 5.91 Å². The van der Waals surface area contributed by atoms with Crippen molar-refractivity contribution in [2.45, 2.75) is 58.1 Å². The van der Waals surface area contributed by atoms with Crippen LogP contribution in [0.4, 0.5) is 0 Å². The summed E-state index contributed by atoms with van der Waals surface area (Å²) in [5, 5.41) is 4.31. The van der Waals surface area contributed by atoms with Gasteiger partial charge in [-0.15, -0.1) is 0 Å². The molecule has 1 atom stereocenters. The van der Waals surface area contributed by atoms with Crippen molar-refractivity contribution in [1.29, 1.82) is 0 Å². The van der Waals surface area contributed by atoms with E-state index in [0.29, 0.717) is 41.5 Å². The first-order valence-corrected chi connectivity index (χ1v) is 11.8. The second kappa shape index (κ2) is 10.7. The summed E-state index contributed by atoms with van der Waals surface area (Å²) >= 11 is 0. The molecule has 8 nitrogen and oxygen atoms in total. The number of primary amides is 1. The van der Waals surface area contributed by atoms with Gasteiger partial charge in [0.2, 0.25) is 11.8 Å². The summed E-state index contributed by atoms with van der Waals surface area (Å²) in [5.74, 6) is 7.26. The predicted molar refractivity (Wildman–Crippen MR) is 128 cm³/mol. The molecule has 0 bridgehead atoms. The first kappa shape index (κ1) is 23.8. The lowest BCUT2D eigenvalue weighted by atomic mass is 9.96. The van der Waals surface area contributed by atoms with Crippen molar-refractivity contribution >= 4 is 22.6 Å². The zero-order valence-corrected chi connectivity index (χ0v) is 19.7. The Hall–Kier alpha value is -3.31. The Balaban J connectivity index is 1.69. The summed E-state index contributed by atoms with van der Waals surface area (Å²) in [6, 6.07) is 3.40. The monoisotopic (exact) mass is 465 g/mol. The van der Waals surface area contributed by atoms with Crippen molar-refractivity contribution < 1.29 is 23.8 Å². The second-order valence-corrected chi connectivity index (χ2v) is 9.08. The lowest BCUT2D eigenvalue weighted by Crippen LogP contribution is -2.31. The molecule has 0 unspecified atom stereocenters. The molecule has 2 aromatic rings. The number of rotatable bonds is 7. The minimum Gasteiger partial charge on any atom is -0.490 e. The molecular weight excluding hydrogens is 434 g/mol. The average molecular weight is 466 g/mol.